The number of ether oxygens (including phenoxy) is 3. The Bertz CT molecular complexity index is 5550. The number of likely N-dealkylation sites (N-methyl/N-ethyl adjacent to an activating group) is 3. The number of aromatic nitrogens is 6. The number of hydrogen-bond donors (Lipinski definition) is 0. The van der Waals surface area contributed by atoms with Crippen LogP contribution < -0.4 is 43.6 Å². The molecule has 12 heterocycles. The van der Waals surface area contributed by atoms with Gasteiger partial charge in [0.1, 0.15) is 55.4 Å². The van der Waals surface area contributed by atoms with Crippen LogP contribution in [0.2, 0.25) is 5.02 Å². The predicted molar refractivity (Wildman–Crippen MR) is 492 cm³/mol. The molecule has 6 fully saturated rings. The molecule has 0 N–H and O–H groups in total. The van der Waals surface area contributed by atoms with E-state index in [-0.39, 0.29) is 55.5 Å². The first-order valence-corrected chi connectivity index (χ1v) is 44.5. The predicted octanol–water partition coefficient (Wildman–Crippen LogP) is 11.4. The number of aryl methyl sites for hydroxylation is 1. The molecule has 650 valence electrons. The highest BCUT2D eigenvalue weighted by Gasteiger charge is 2.41. The van der Waals surface area contributed by atoms with Crippen LogP contribution in [0.5, 0.6) is 18.0 Å². The summed E-state index contributed by atoms with van der Waals surface area (Å²) in [5.41, 5.74) is 12.4. The second kappa shape index (κ2) is 40.3. The number of benzene rings is 5. The smallest absolute Gasteiger partial charge is 0.318 e. The molecule has 9 aliphatic rings. The topological polar surface area (TPSA) is 208 Å². The Morgan fingerprint density at radius 2 is 0.912 bits per heavy atom. The molecule has 6 saturated heterocycles. The summed E-state index contributed by atoms with van der Waals surface area (Å²) < 4.78 is 18.9. The molecule has 0 unspecified atom stereocenters. The van der Waals surface area contributed by atoms with E-state index in [2.05, 4.69) is 216 Å². The Balaban J connectivity index is 0.000000145. The minimum atomic E-state index is -0.264. The number of likely N-dealkylation sites (tertiary alicyclic amines) is 3. The molecule has 17 rings (SSSR count). The summed E-state index contributed by atoms with van der Waals surface area (Å²) in [6.45, 7) is 51.1. The SMILES string of the molecule is [C-]#[N+]C[C@H]1CN(c2nc(OC[C@@H]3CCCN3C)nc3c2CCN(c2cccc(C)c2C)C3)CCN1C(=O)C#CC.[C-]#[N+]C[C@H]1CN(c2nc(OC[C@@H]3CCCN3C)nc3c2CCN(c2cccc4cccc(Cl)c24)C3)CCN1C(=O)C#CC.[C-]#[N+]C[C@H]1CN(c2nc(OC[C@@H]3[C@@H](C)CCN3C)nc3c2CCN(c2cccc4ccccc24)C3)CCN1C(=O)C=C. The number of carbonyl (C=O) groups is 3. The summed E-state index contributed by atoms with van der Waals surface area (Å²) in [5.74, 6) is 13.3. The fourth-order valence-corrected chi connectivity index (χ4v) is 19.7. The molecule has 0 radical (unpaired) electrons. The van der Waals surface area contributed by atoms with Gasteiger partial charge in [0.15, 0.2) is 0 Å². The highest BCUT2D eigenvalue weighted by atomic mass is 35.5. The Hall–Kier alpha value is -12.0. The summed E-state index contributed by atoms with van der Waals surface area (Å²) in [5, 5.41) is 5.34. The van der Waals surface area contributed by atoms with Crippen LogP contribution in [0.3, 0.4) is 0 Å². The van der Waals surface area contributed by atoms with E-state index in [0.29, 0.717) is 140 Å². The average molecular weight is 1710 g/mol. The van der Waals surface area contributed by atoms with Crippen molar-refractivity contribution in [2.24, 2.45) is 5.92 Å². The second-order valence-electron chi connectivity index (χ2n) is 34.2. The number of amides is 3. The molecular formula is C97H114ClN21O6. The second-order valence-corrected chi connectivity index (χ2v) is 34.6. The van der Waals surface area contributed by atoms with Gasteiger partial charge in [0, 0.05) is 141 Å². The van der Waals surface area contributed by atoms with Crippen LogP contribution in [0.1, 0.15) is 97.8 Å². The lowest BCUT2D eigenvalue weighted by Gasteiger charge is -2.41. The third-order valence-corrected chi connectivity index (χ3v) is 27.0. The van der Waals surface area contributed by atoms with Crippen LogP contribution in [-0.4, -0.2) is 272 Å². The van der Waals surface area contributed by atoms with Crippen LogP contribution in [0, 0.1) is 63.2 Å². The van der Waals surface area contributed by atoms with E-state index in [9.17, 15) is 14.4 Å². The van der Waals surface area contributed by atoms with Gasteiger partial charge in [-0.3, -0.25) is 19.3 Å². The standard InChI is InChI=1S/C33H36ClN7O2.C33H39N7O2.C31H39N7O2/c1-4-8-30(42)41-18-17-40(20-25(41)19-35-2)32-26-14-16-39(29-13-6-10-23-9-5-12-27(34)31(23)29)21-28(26)36-33(37-32)43-22-24-11-7-15-38(24)3;1-5-31(41)40-18-17-39(20-25(40)19-34-3)32-27-14-16-38(29-12-8-10-24-9-6-7-11-26(24)29)21-28(27)35-33(36-32)42-22-30-23(2)13-15-37(30)4;1-6-9-29(39)38-17-16-37(19-25(38)18-32-4)30-26-13-15-36(28-12-7-10-22(2)23(28)3)20-27(26)33-31(34-30)40-21-24-11-8-14-35(24)5/h5-6,9-10,12-13,24-25H,7,11,14-22H2,1,3H3;5-12,23,25,30H,1,13-22H2,2,4H3;7,10,12,24-25H,8,11,13-21H2,1-3,5H3/t24-,25-;23-,25-,30+;24-,25-/m000/s1. The van der Waals surface area contributed by atoms with Crippen molar-refractivity contribution in [1.29, 1.82) is 0 Å². The van der Waals surface area contributed by atoms with E-state index in [0.717, 1.165) is 157 Å². The van der Waals surface area contributed by atoms with Gasteiger partial charge >= 0.3 is 18.0 Å². The summed E-state index contributed by atoms with van der Waals surface area (Å²) in [6, 6.07) is 35.2. The Kier molecular flexibility index (Phi) is 28.3. The van der Waals surface area contributed by atoms with Crippen LogP contribution in [0.4, 0.5) is 34.5 Å². The van der Waals surface area contributed by atoms with Gasteiger partial charge in [-0.25, -0.2) is 19.7 Å². The molecule has 8 aromatic rings. The van der Waals surface area contributed by atoms with Crippen molar-refractivity contribution >= 4 is 85.4 Å². The number of rotatable bonds is 19. The van der Waals surface area contributed by atoms with Gasteiger partial charge in [0.05, 0.1) is 41.7 Å². The number of piperazine rings is 3. The molecule has 28 heteroatoms. The lowest BCUT2D eigenvalue weighted by atomic mass is 10.0. The molecule has 5 aromatic carbocycles. The number of hydrogen-bond acceptors (Lipinski definition) is 21. The molecule has 0 spiro atoms. The minimum Gasteiger partial charge on any atom is -0.462 e. The largest absolute Gasteiger partial charge is 0.462 e. The van der Waals surface area contributed by atoms with Crippen molar-refractivity contribution in [3.05, 3.63) is 194 Å². The third kappa shape index (κ3) is 19.7. The number of nitrogens with zero attached hydrogens (tertiary/aromatic N) is 21. The number of halogens is 1. The first kappa shape index (κ1) is 87.9. The zero-order valence-corrected chi connectivity index (χ0v) is 74.2. The fraction of sp³-hybridized carbons (Fsp3) is 0.485. The molecule has 0 bridgehead atoms. The van der Waals surface area contributed by atoms with E-state index in [1.807, 2.05) is 12.1 Å². The van der Waals surface area contributed by atoms with Gasteiger partial charge in [-0.2, -0.15) is 29.9 Å². The van der Waals surface area contributed by atoms with Crippen LogP contribution >= 0.6 is 11.6 Å². The molecule has 3 amide bonds. The molecule has 0 saturated carbocycles. The molecule has 9 aliphatic heterocycles. The van der Waals surface area contributed by atoms with Crippen molar-refractivity contribution in [3.8, 4) is 41.7 Å². The summed E-state index contributed by atoms with van der Waals surface area (Å²) >= 11 is 6.70. The van der Waals surface area contributed by atoms with Crippen molar-refractivity contribution in [2.75, 3.05) is 188 Å². The molecule has 0 aliphatic carbocycles. The highest BCUT2D eigenvalue weighted by Crippen LogP contribution is 2.41. The monoisotopic (exact) mass is 1700 g/mol. The summed E-state index contributed by atoms with van der Waals surface area (Å²) in [7, 11) is 6.43. The van der Waals surface area contributed by atoms with E-state index in [1.54, 1.807) is 28.5 Å². The molecule has 3 aromatic heterocycles. The average Bonchev–Trinajstić information content (AvgIpc) is 1.06. The maximum Gasteiger partial charge on any atom is 0.318 e. The minimum absolute atomic E-state index is 0.127. The van der Waals surface area contributed by atoms with Crippen LogP contribution in [0.25, 0.3) is 36.1 Å². The highest BCUT2D eigenvalue weighted by molar-refractivity contribution is 6.36. The van der Waals surface area contributed by atoms with Gasteiger partial charge in [-0.1, -0.05) is 110 Å². The fourth-order valence-electron chi connectivity index (χ4n) is 19.5. The molecule has 125 heavy (non-hydrogen) atoms. The van der Waals surface area contributed by atoms with Crippen LogP contribution in [0.15, 0.2) is 110 Å². The summed E-state index contributed by atoms with van der Waals surface area (Å²) in [6.07, 6.45) is 9.43. The Labute approximate surface area is 740 Å². The van der Waals surface area contributed by atoms with Crippen LogP contribution in [-0.2, 0) is 53.3 Å². The van der Waals surface area contributed by atoms with Gasteiger partial charge in [-0.15, -0.1) is 0 Å². The van der Waals surface area contributed by atoms with Crippen molar-refractivity contribution in [1.82, 2.24) is 59.3 Å². The molecular weight excluding hydrogens is 1590 g/mol. The van der Waals surface area contributed by atoms with E-state index in [4.69, 9.17) is 75.4 Å². The zero-order chi connectivity index (χ0) is 87.4. The van der Waals surface area contributed by atoms with Gasteiger partial charge in [0.2, 0.25) is 25.5 Å². The number of carbonyl (C=O) groups excluding carboxylic acids is 3. The first-order valence-electron chi connectivity index (χ1n) is 44.1. The summed E-state index contributed by atoms with van der Waals surface area (Å²) in [4.78, 5) is 105. The molecule has 27 nitrogen and oxygen atoms in total. The number of anilines is 6. The Morgan fingerprint density at radius 1 is 0.480 bits per heavy atom. The quantitative estimate of drug-likeness (QED) is 0.0419. The van der Waals surface area contributed by atoms with Gasteiger partial charge in [-0.05, 0) is 190 Å². The van der Waals surface area contributed by atoms with Crippen molar-refractivity contribution in [3.63, 3.8) is 0 Å². The van der Waals surface area contributed by atoms with E-state index in [1.165, 1.54) is 45.8 Å². The van der Waals surface area contributed by atoms with Gasteiger partial charge < -0.3 is 82.6 Å². The Morgan fingerprint density at radius 3 is 1.38 bits per heavy atom. The van der Waals surface area contributed by atoms with E-state index < -0.39 is 0 Å². The van der Waals surface area contributed by atoms with E-state index >= 15 is 0 Å². The first-order chi connectivity index (χ1) is 60.8. The zero-order valence-electron chi connectivity index (χ0n) is 73.4. The lowest BCUT2D eigenvalue weighted by molar-refractivity contribution is -0.128. The van der Waals surface area contributed by atoms with Gasteiger partial charge in [0.25, 0.3) is 11.8 Å². The molecule has 7 atom stereocenters. The normalized spacial score (nSPS) is 21.3. The number of fused-ring (bicyclic) bond motifs is 5. The third-order valence-electron chi connectivity index (χ3n) is 26.7. The maximum absolute atomic E-state index is 12.7. The van der Waals surface area contributed by atoms with Crippen molar-refractivity contribution in [2.45, 2.75) is 142 Å². The lowest BCUT2D eigenvalue weighted by Crippen LogP contribution is -2.56. The maximum atomic E-state index is 12.7. The van der Waals surface area contributed by atoms with Crippen molar-refractivity contribution < 1.29 is 28.6 Å².